The Morgan fingerprint density at radius 2 is 2.29 bits per heavy atom. The highest BCUT2D eigenvalue weighted by atomic mass is 16.3. The van der Waals surface area contributed by atoms with E-state index in [9.17, 15) is 9.90 Å². The standard InChI is InChI=1S/C10H18N2O2/c11-6-10(14)4-5-12(7-10)9(13)8-2-1-3-8/h8,14H,1-7,11H2. The number of nitrogens with zero attached hydrogens (tertiary/aromatic N) is 1. The molecule has 0 aromatic rings. The molecule has 0 bridgehead atoms. The minimum atomic E-state index is -0.820. The molecule has 0 aromatic heterocycles. The molecule has 1 unspecified atom stereocenters. The molecule has 4 heteroatoms. The third kappa shape index (κ3) is 1.64. The maximum absolute atomic E-state index is 11.8. The van der Waals surface area contributed by atoms with Crippen LogP contribution in [0, 0.1) is 5.92 Å². The van der Waals surface area contributed by atoms with Gasteiger partial charge in [0.15, 0.2) is 0 Å². The number of hydrogen-bond acceptors (Lipinski definition) is 3. The van der Waals surface area contributed by atoms with Gasteiger partial charge in [0, 0.05) is 19.0 Å². The molecule has 2 aliphatic rings. The normalized spacial score (nSPS) is 33.1. The van der Waals surface area contributed by atoms with E-state index in [2.05, 4.69) is 0 Å². The number of carbonyl (C=O) groups is 1. The first-order valence-electron chi connectivity index (χ1n) is 5.36. The molecule has 1 aliphatic carbocycles. The summed E-state index contributed by atoms with van der Waals surface area (Å²) in [5, 5.41) is 9.87. The van der Waals surface area contributed by atoms with Gasteiger partial charge in [-0.1, -0.05) is 6.42 Å². The SMILES string of the molecule is NCC1(O)CCN(C(=O)C2CCC2)C1. The van der Waals surface area contributed by atoms with Crippen molar-refractivity contribution in [1.82, 2.24) is 4.90 Å². The van der Waals surface area contributed by atoms with Gasteiger partial charge < -0.3 is 15.7 Å². The molecule has 0 radical (unpaired) electrons. The van der Waals surface area contributed by atoms with Crippen molar-refractivity contribution < 1.29 is 9.90 Å². The zero-order chi connectivity index (χ0) is 10.2. The van der Waals surface area contributed by atoms with E-state index in [1.54, 1.807) is 4.90 Å². The summed E-state index contributed by atoms with van der Waals surface area (Å²) in [6.07, 6.45) is 3.85. The van der Waals surface area contributed by atoms with Gasteiger partial charge in [-0.25, -0.2) is 0 Å². The number of likely N-dealkylation sites (tertiary alicyclic amines) is 1. The fourth-order valence-corrected chi connectivity index (χ4v) is 2.12. The van der Waals surface area contributed by atoms with Crippen LogP contribution < -0.4 is 5.73 Å². The highest BCUT2D eigenvalue weighted by Gasteiger charge is 2.39. The third-order valence-electron chi connectivity index (χ3n) is 3.48. The third-order valence-corrected chi connectivity index (χ3v) is 3.48. The van der Waals surface area contributed by atoms with Crippen LogP contribution in [-0.4, -0.2) is 41.1 Å². The average Bonchev–Trinajstić information content (AvgIpc) is 2.46. The quantitative estimate of drug-likeness (QED) is 0.640. The molecule has 1 aliphatic heterocycles. The number of hydrogen-bond donors (Lipinski definition) is 2. The van der Waals surface area contributed by atoms with Crippen molar-refractivity contribution in [3.63, 3.8) is 0 Å². The maximum Gasteiger partial charge on any atom is 0.225 e. The number of aliphatic hydroxyl groups is 1. The molecule has 0 aromatic carbocycles. The number of carbonyl (C=O) groups excluding carboxylic acids is 1. The summed E-state index contributed by atoms with van der Waals surface area (Å²) in [6.45, 7) is 1.35. The average molecular weight is 198 g/mol. The van der Waals surface area contributed by atoms with E-state index in [-0.39, 0.29) is 18.4 Å². The fourth-order valence-electron chi connectivity index (χ4n) is 2.12. The molecule has 1 amide bonds. The molecule has 1 saturated carbocycles. The number of nitrogens with two attached hydrogens (primary N) is 1. The molecule has 2 rings (SSSR count). The van der Waals surface area contributed by atoms with E-state index in [0.717, 1.165) is 12.8 Å². The summed E-state index contributed by atoms with van der Waals surface area (Å²) >= 11 is 0. The van der Waals surface area contributed by atoms with E-state index >= 15 is 0 Å². The first-order valence-corrected chi connectivity index (χ1v) is 5.36. The first-order chi connectivity index (χ1) is 6.64. The van der Waals surface area contributed by atoms with Crippen LogP contribution in [0.15, 0.2) is 0 Å². The largest absolute Gasteiger partial charge is 0.387 e. The highest BCUT2D eigenvalue weighted by molar-refractivity contribution is 5.80. The van der Waals surface area contributed by atoms with Gasteiger partial charge in [-0.2, -0.15) is 0 Å². The minimum absolute atomic E-state index is 0.223. The minimum Gasteiger partial charge on any atom is -0.387 e. The molecule has 4 nitrogen and oxygen atoms in total. The van der Waals surface area contributed by atoms with E-state index in [1.165, 1.54) is 6.42 Å². The van der Waals surface area contributed by atoms with Crippen LogP contribution in [0.3, 0.4) is 0 Å². The zero-order valence-corrected chi connectivity index (χ0v) is 8.41. The molecule has 2 fully saturated rings. The van der Waals surface area contributed by atoms with E-state index in [0.29, 0.717) is 19.5 Å². The lowest BCUT2D eigenvalue weighted by Crippen LogP contribution is -2.44. The fraction of sp³-hybridized carbons (Fsp3) is 0.900. The van der Waals surface area contributed by atoms with Gasteiger partial charge in [-0.3, -0.25) is 4.79 Å². The zero-order valence-electron chi connectivity index (χ0n) is 8.41. The van der Waals surface area contributed by atoms with Gasteiger partial charge in [-0.15, -0.1) is 0 Å². The van der Waals surface area contributed by atoms with Gasteiger partial charge in [0.1, 0.15) is 0 Å². The van der Waals surface area contributed by atoms with E-state index in [4.69, 9.17) is 5.73 Å². The van der Waals surface area contributed by atoms with Crippen molar-refractivity contribution in [2.24, 2.45) is 11.7 Å². The molecule has 0 spiro atoms. The van der Waals surface area contributed by atoms with Crippen molar-refractivity contribution in [3.05, 3.63) is 0 Å². The summed E-state index contributed by atoms with van der Waals surface area (Å²) in [6, 6.07) is 0. The summed E-state index contributed by atoms with van der Waals surface area (Å²) in [5.74, 6) is 0.454. The molecule has 1 saturated heterocycles. The van der Waals surface area contributed by atoms with Crippen LogP contribution in [-0.2, 0) is 4.79 Å². The second-order valence-electron chi connectivity index (χ2n) is 4.57. The predicted molar refractivity (Wildman–Crippen MR) is 52.5 cm³/mol. The molecular weight excluding hydrogens is 180 g/mol. The van der Waals surface area contributed by atoms with Gasteiger partial charge in [-0.05, 0) is 19.3 Å². The molecule has 1 atom stereocenters. The highest BCUT2D eigenvalue weighted by Crippen LogP contribution is 2.31. The Hall–Kier alpha value is -0.610. The second-order valence-corrected chi connectivity index (χ2v) is 4.57. The van der Waals surface area contributed by atoms with Gasteiger partial charge in [0.05, 0.1) is 12.1 Å². The van der Waals surface area contributed by atoms with E-state index < -0.39 is 5.60 Å². The molecular formula is C10H18N2O2. The van der Waals surface area contributed by atoms with Crippen LogP contribution >= 0.6 is 0 Å². The van der Waals surface area contributed by atoms with Crippen molar-refractivity contribution in [3.8, 4) is 0 Å². The van der Waals surface area contributed by atoms with E-state index in [1.807, 2.05) is 0 Å². The smallest absolute Gasteiger partial charge is 0.225 e. The summed E-state index contributed by atoms with van der Waals surface area (Å²) in [7, 11) is 0. The molecule has 3 N–H and O–H groups in total. The van der Waals surface area contributed by atoms with Crippen LogP contribution in [0.5, 0.6) is 0 Å². The van der Waals surface area contributed by atoms with Gasteiger partial charge >= 0.3 is 0 Å². The lowest BCUT2D eigenvalue weighted by atomic mass is 9.84. The lowest BCUT2D eigenvalue weighted by Gasteiger charge is -2.29. The van der Waals surface area contributed by atoms with Crippen LogP contribution in [0.25, 0.3) is 0 Å². The molecule has 1 heterocycles. The Bertz CT molecular complexity index is 240. The Labute approximate surface area is 84.1 Å². The molecule has 14 heavy (non-hydrogen) atoms. The van der Waals surface area contributed by atoms with Crippen LogP contribution in [0.1, 0.15) is 25.7 Å². The van der Waals surface area contributed by atoms with Crippen molar-refractivity contribution in [2.45, 2.75) is 31.3 Å². The predicted octanol–water partition coefficient (Wildman–Crippen LogP) is -0.291. The van der Waals surface area contributed by atoms with Crippen molar-refractivity contribution in [1.29, 1.82) is 0 Å². The monoisotopic (exact) mass is 198 g/mol. The van der Waals surface area contributed by atoms with Crippen LogP contribution in [0.4, 0.5) is 0 Å². The summed E-state index contributed by atoms with van der Waals surface area (Å²) < 4.78 is 0. The topological polar surface area (TPSA) is 66.6 Å². The van der Waals surface area contributed by atoms with Gasteiger partial charge in [0.25, 0.3) is 0 Å². The number of rotatable bonds is 2. The summed E-state index contributed by atoms with van der Waals surface area (Å²) in [4.78, 5) is 13.6. The maximum atomic E-state index is 11.8. The lowest BCUT2D eigenvalue weighted by molar-refractivity contribution is -0.138. The Balaban J connectivity index is 1.91. The number of amides is 1. The van der Waals surface area contributed by atoms with Crippen molar-refractivity contribution in [2.75, 3.05) is 19.6 Å². The Morgan fingerprint density at radius 1 is 1.57 bits per heavy atom. The van der Waals surface area contributed by atoms with Crippen LogP contribution in [0.2, 0.25) is 0 Å². The molecule has 80 valence electrons. The van der Waals surface area contributed by atoms with Gasteiger partial charge in [0.2, 0.25) is 5.91 Å². The Morgan fingerprint density at radius 3 is 2.71 bits per heavy atom. The summed E-state index contributed by atoms with van der Waals surface area (Å²) in [5.41, 5.74) is 4.65. The van der Waals surface area contributed by atoms with Crippen molar-refractivity contribution >= 4 is 5.91 Å². The Kier molecular flexibility index (Phi) is 2.49. The first kappa shape index (κ1) is 9.93. The number of β-amino-alcohol motifs (C(OH)–C–C–N with tert-alkyl or cyclic N) is 1. The second kappa shape index (κ2) is 3.51.